The number of rotatable bonds is 5. The highest BCUT2D eigenvalue weighted by Gasteiger charge is 2.15. The van der Waals surface area contributed by atoms with Gasteiger partial charge >= 0.3 is 0 Å². The highest BCUT2D eigenvalue weighted by molar-refractivity contribution is 9.10. The van der Waals surface area contributed by atoms with E-state index in [1.807, 2.05) is 60.1 Å². The van der Waals surface area contributed by atoms with Crippen molar-refractivity contribution in [3.63, 3.8) is 0 Å². The minimum atomic E-state index is -3.32. The first kappa shape index (κ1) is 20.5. The van der Waals surface area contributed by atoms with E-state index in [0.29, 0.717) is 10.0 Å². The van der Waals surface area contributed by atoms with Gasteiger partial charge < -0.3 is 4.40 Å². The summed E-state index contributed by atoms with van der Waals surface area (Å²) in [5, 5.41) is 0. The summed E-state index contributed by atoms with van der Waals surface area (Å²) < 4.78 is 25.8. The SMILES string of the molecule is Cc1cccn2cc(-c3ccc(CC(=O)c4ccc(S(C)(=O)=O)cc4Br)cc3)nc12. The molecule has 0 amide bonds. The number of sulfone groups is 1. The van der Waals surface area contributed by atoms with Crippen molar-refractivity contribution in [1.82, 2.24) is 9.38 Å². The van der Waals surface area contributed by atoms with E-state index in [9.17, 15) is 13.2 Å². The standard InChI is InChI=1S/C23H19BrN2O3S/c1-15-4-3-11-26-14-21(25-23(15)26)17-7-5-16(6-8-17)12-22(27)19-10-9-18(13-20(19)24)30(2,28)29/h3-11,13-14H,12H2,1-2H3. The largest absolute Gasteiger partial charge is 0.306 e. The second kappa shape index (κ2) is 7.81. The van der Waals surface area contributed by atoms with Crippen LogP contribution in [0.25, 0.3) is 16.9 Å². The molecule has 152 valence electrons. The molecule has 0 aliphatic carbocycles. The van der Waals surface area contributed by atoms with Gasteiger partial charge in [-0.15, -0.1) is 0 Å². The average Bonchev–Trinajstić information content (AvgIpc) is 3.13. The molecule has 0 atom stereocenters. The molecule has 2 aromatic heterocycles. The number of aryl methyl sites for hydroxylation is 1. The average molecular weight is 483 g/mol. The fourth-order valence-corrected chi connectivity index (χ4v) is 4.72. The van der Waals surface area contributed by atoms with Gasteiger partial charge in [0.2, 0.25) is 0 Å². The lowest BCUT2D eigenvalue weighted by Crippen LogP contribution is -2.06. The van der Waals surface area contributed by atoms with Crippen molar-refractivity contribution >= 4 is 37.2 Å². The summed E-state index contributed by atoms with van der Waals surface area (Å²) in [6, 6.07) is 16.3. The quantitative estimate of drug-likeness (QED) is 0.379. The monoisotopic (exact) mass is 482 g/mol. The number of hydrogen-bond donors (Lipinski definition) is 0. The summed E-state index contributed by atoms with van der Waals surface area (Å²) in [5.74, 6) is -0.0852. The second-order valence-electron chi connectivity index (χ2n) is 7.26. The molecule has 4 aromatic rings. The van der Waals surface area contributed by atoms with Crippen LogP contribution in [0.2, 0.25) is 0 Å². The van der Waals surface area contributed by atoms with E-state index < -0.39 is 9.84 Å². The molecule has 0 aliphatic rings. The molecular formula is C23H19BrN2O3S. The maximum Gasteiger partial charge on any atom is 0.175 e. The zero-order valence-corrected chi connectivity index (χ0v) is 18.9. The lowest BCUT2D eigenvalue weighted by Gasteiger charge is -2.07. The summed E-state index contributed by atoms with van der Waals surface area (Å²) in [5.41, 5.74) is 5.23. The molecule has 2 heterocycles. The van der Waals surface area contributed by atoms with Gasteiger partial charge in [0.15, 0.2) is 15.6 Å². The summed E-state index contributed by atoms with van der Waals surface area (Å²) in [6.07, 6.45) is 5.32. The van der Waals surface area contributed by atoms with Crippen molar-refractivity contribution in [2.75, 3.05) is 6.26 Å². The van der Waals surface area contributed by atoms with Crippen molar-refractivity contribution in [3.05, 3.63) is 88.2 Å². The van der Waals surface area contributed by atoms with Gasteiger partial charge in [0.1, 0.15) is 5.65 Å². The van der Waals surface area contributed by atoms with Gasteiger partial charge in [-0.25, -0.2) is 13.4 Å². The Morgan fingerprint density at radius 3 is 2.47 bits per heavy atom. The number of carbonyl (C=O) groups is 1. The van der Waals surface area contributed by atoms with E-state index in [-0.39, 0.29) is 17.1 Å². The van der Waals surface area contributed by atoms with E-state index >= 15 is 0 Å². The molecule has 0 aliphatic heterocycles. The van der Waals surface area contributed by atoms with Crippen LogP contribution in [-0.4, -0.2) is 29.8 Å². The number of halogens is 1. The lowest BCUT2D eigenvalue weighted by atomic mass is 10.0. The Bertz CT molecular complexity index is 1370. The molecule has 0 fully saturated rings. The molecule has 0 unspecified atom stereocenters. The van der Waals surface area contributed by atoms with Crippen molar-refractivity contribution in [1.29, 1.82) is 0 Å². The minimum Gasteiger partial charge on any atom is -0.306 e. The molecule has 0 bridgehead atoms. The first-order valence-corrected chi connectivity index (χ1v) is 12.0. The maximum atomic E-state index is 12.7. The molecule has 0 spiro atoms. The molecule has 4 rings (SSSR count). The molecule has 30 heavy (non-hydrogen) atoms. The first-order chi connectivity index (χ1) is 14.2. The van der Waals surface area contributed by atoms with Crippen LogP contribution in [0, 0.1) is 6.92 Å². The molecular weight excluding hydrogens is 464 g/mol. The molecule has 0 saturated heterocycles. The van der Waals surface area contributed by atoms with Crippen LogP contribution < -0.4 is 0 Å². The van der Waals surface area contributed by atoms with Crippen molar-refractivity contribution < 1.29 is 13.2 Å². The Kier molecular flexibility index (Phi) is 5.34. The summed E-state index contributed by atoms with van der Waals surface area (Å²) in [4.78, 5) is 17.6. The number of imidazole rings is 1. The third-order valence-corrected chi connectivity index (χ3v) is 6.73. The number of nitrogens with zero attached hydrogens (tertiary/aromatic N) is 2. The molecule has 7 heteroatoms. The zero-order valence-electron chi connectivity index (χ0n) is 16.5. The molecule has 0 N–H and O–H groups in total. The van der Waals surface area contributed by atoms with Crippen LogP contribution in [-0.2, 0) is 16.3 Å². The highest BCUT2D eigenvalue weighted by Crippen LogP contribution is 2.24. The van der Waals surface area contributed by atoms with Gasteiger partial charge in [-0.3, -0.25) is 4.79 Å². The molecule has 5 nitrogen and oxygen atoms in total. The van der Waals surface area contributed by atoms with E-state index in [2.05, 4.69) is 15.9 Å². The van der Waals surface area contributed by atoms with Gasteiger partial charge in [-0.2, -0.15) is 0 Å². The van der Waals surface area contributed by atoms with E-state index in [1.165, 1.54) is 12.1 Å². The van der Waals surface area contributed by atoms with E-state index in [0.717, 1.165) is 34.3 Å². The van der Waals surface area contributed by atoms with Crippen LogP contribution >= 0.6 is 15.9 Å². The first-order valence-electron chi connectivity index (χ1n) is 9.29. The van der Waals surface area contributed by atoms with Gasteiger partial charge in [-0.05, 0) is 42.3 Å². The van der Waals surface area contributed by atoms with Gasteiger partial charge in [0.25, 0.3) is 0 Å². The van der Waals surface area contributed by atoms with Gasteiger partial charge in [0, 0.05) is 40.7 Å². The summed E-state index contributed by atoms with van der Waals surface area (Å²) >= 11 is 3.32. The van der Waals surface area contributed by atoms with E-state index in [4.69, 9.17) is 4.98 Å². The summed E-state index contributed by atoms with van der Waals surface area (Å²) in [6.45, 7) is 2.03. The van der Waals surface area contributed by atoms with Crippen molar-refractivity contribution in [2.24, 2.45) is 0 Å². The second-order valence-corrected chi connectivity index (χ2v) is 10.1. The number of carbonyl (C=O) groups excluding carboxylic acids is 1. The Balaban J connectivity index is 1.54. The Labute approximate surface area is 183 Å². The normalized spacial score (nSPS) is 11.7. The third-order valence-electron chi connectivity index (χ3n) is 4.96. The smallest absolute Gasteiger partial charge is 0.175 e. The van der Waals surface area contributed by atoms with Crippen LogP contribution in [0.1, 0.15) is 21.5 Å². The number of Topliss-reactive ketones (excluding diaryl/α,β-unsaturated/α-hetero) is 1. The zero-order chi connectivity index (χ0) is 21.5. The number of aromatic nitrogens is 2. The Morgan fingerprint density at radius 1 is 1.10 bits per heavy atom. The number of hydrogen-bond acceptors (Lipinski definition) is 4. The van der Waals surface area contributed by atoms with Crippen LogP contribution in [0.4, 0.5) is 0 Å². The van der Waals surface area contributed by atoms with Crippen LogP contribution in [0.5, 0.6) is 0 Å². The summed E-state index contributed by atoms with van der Waals surface area (Å²) in [7, 11) is -3.32. The number of benzene rings is 2. The topological polar surface area (TPSA) is 68.5 Å². The molecule has 0 radical (unpaired) electrons. The van der Waals surface area contributed by atoms with E-state index in [1.54, 1.807) is 6.07 Å². The number of pyridine rings is 1. The fraction of sp³-hybridized carbons (Fsp3) is 0.130. The molecule has 2 aromatic carbocycles. The number of ketones is 1. The maximum absolute atomic E-state index is 12.7. The lowest BCUT2D eigenvalue weighted by molar-refractivity contribution is 0.0992. The van der Waals surface area contributed by atoms with Crippen molar-refractivity contribution in [3.8, 4) is 11.3 Å². The van der Waals surface area contributed by atoms with Gasteiger partial charge in [0.05, 0.1) is 10.6 Å². The Morgan fingerprint density at radius 2 is 1.83 bits per heavy atom. The minimum absolute atomic E-state index is 0.0852. The van der Waals surface area contributed by atoms with Crippen molar-refractivity contribution in [2.45, 2.75) is 18.2 Å². The predicted molar refractivity (Wildman–Crippen MR) is 121 cm³/mol. The highest BCUT2D eigenvalue weighted by atomic mass is 79.9. The van der Waals surface area contributed by atoms with Crippen LogP contribution in [0.3, 0.4) is 0 Å². The predicted octanol–water partition coefficient (Wildman–Crippen LogP) is 4.90. The molecule has 0 saturated carbocycles. The van der Waals surface area contributed by atoms with Crippen LogP contribution in [0.15, 0.2) is 76.4 Å². The number of fused-ring (bicyclic) bond motifs is 1. The fourth-order valence-electron chi connectivity index (χ4n) is 3.32. The van der Waals surface area contributed by atoms with Gasteiger partial charge in [-0.1, -0.05) is 46.3 Å². The third kappa shape index (κ3) is 4.08. The Hall–Kier alpha value is -2.77.